The monoisotopic (exact) mass is 232 g/mol. The van der Waals surface area contributed by atoms with Crippen LogP contribution in [0.15, 0.2) is 0 Å². The van der Waals surface area contributed by atoms with Gasteiger partial charge in [-0.05, 0) is 18.3 Å². The van der Waals surface area contributed by atoms with Gasteiger partial charge in [0.1, 0.15) is 0 Å². The number of unbranched alkanes of at least 4 members (excludes halogenated alkanes) is 7. The number of hydrogen-bond acceptors (Lipinski definition) is 0. The smallest absolute Gasteiger partial charge is 0.0223 e. The Balaban J connectivity index is 2.99. The van der Waals surface area contributed by atoms with Crippen LogP contribution in [-0.4, -0.2) is 5.88 Å². The zero-order chi connectivity index (χ0) is 11.6. The van der Waals surface area contributed by atoms with Crippen LogP contribution in [0.3, 0.4) is 0 Å². The van der Waals surface area contributed by atoms with Gasteiger partial charge in [-0.25, -0.2) is 0 Å². The highest BCUT2D eigenvalue weighted by molar-refractivity contribution is 6.17. The summed E-state index contributed by atoms with van der Waals surface area (Å²) in [7, 11) is 0. The highest BCUT2D eigenvalue weighted by Gasteiger charge is 2.08. The fourth-order valence-electron chi connectivity index (χ4n) is 1.81. The van der Waals surface area contributed by atoms with Crippen molar-refractivity contribution in [3.63, 3.8) is 0 Å². The average Bonchev–Trinajstić information content (AvgIpc) is 2.14. The van der Waals surface area contributed by atoms with Crippen molar-refractivity contribution < 1.29 is 0 Å². The van der Waals surface area contributed by atoms with E-state index in [0.29, 0.717) is 5.41 Å². The van der Waals surface area contributed by atoms with E-state index in [-0.39, 0.29) is 0 Å². The summed E-state index contributed by atoms with van der Waals surface area (Å²) in [6.45, 7) is 7.00. The second-order valence-electron chi connectivity index (χ2n) is 5.83. The summed E-state index contributed by atoms with van der Waals surface area (Å²) in [6, 6.07) is 0. The first kappa shape index (κ1) is 15.3. The molecule has 15 heavy (non-hydrogen) atoms. The molecule has 0 aliphatic rings. The Hall–Kier alpha value is 0.290. The number of hydrogen-bond donors (Lipinski definition) is 0. The molecule has 92 valence electrons. The minimum atomic E-state index is 0.528. The lowest BCUT2D eigenvalue weighted by Gasteiger charge is -2.17. The molecule has 0 rings (SSSR count). The van der Waals surface area contributed by atoms with E-state index in [1.807, 2.05) is 0 Å². The first-order valence-electron chi connectivity index (χ1n) is 6.62. The Morgan fingerprint density at radius 2 is 1.07 bits per heavy atom. The van der Waals surface area contributed by atoms with E-state index in [9.17, 15) is 0 Å². The van der Waals surface area contributed by atoms with Gasteiger partial charge in [0.25, 0.3) is 0 Å². The molecule has 0 radical (unpaired) electrons. The Kier molecular flexibility index (Phi) is 9.70. The van der Waals surface area contributed by atoms with Crippen LogP contribution in [0, 0.1) is 5.41 Å². The van der Waals surface area contributed by atoms with Crippen LogP contribution in [-0.2, 0) is 0 Å². The second-order valence-corrected chi connectivity index (χ2v) is 6.21. The summed E-state index contributed by atoms with van der Waals surface area (Å²) in [5.74, 6) is 0.839. The maximum atomic E-state index is 5.63. The van der Waals surface area contributed by atoms with Crippen molar-refractivity contribution in [2.45, 2.75) is 78.6 Å². The van der Waals surface area contributed by atoms with E-state index in [0.717, 1.165) is 5.88 Å². The largest absolute Gasteiger partial charge is 0.127 e. The van der Waals surface area contributed by atoms with Crippen LogP contribution >= 0.6 is 11.6 Å². The molecule has 0 saturated carbocycles. The average molecular weight is 233 g/mol. The highest BCUT2D eigenvalue weighted by Crippen LogP contribution is 2.22. The van der Waals surface area contributed by atoms with Crippen LogP contribution in [0.25, 0.3) is 0 Å². The second kappa shape index (κ2) is 9.51. The van der Waals surface area contributed by atoms with Crippen molar-refractivity contribution in [2.75, 3.05) is 5.88 Å². The molecule has 0 amide bonds. The SMILES string of the molecule is CC(C)(C)CCCCCCCCCCCl. The molecule has 0 atom stereocenters. The first-order valence-corrected chi connectivity index (χ1v) is 7.16. The van der Waals surface area contributed by atoms with E-state index in [4.69, 9.17) is 11.6 Å². The van der Waals surface area contributed by atoms with Crippen molar-refractivity contribution in [1.29, 1.82) is 0 Å². The minimum Gasteiger partial charge on any atom is -0.127 e. The van der Waals surface area contributed by atoms with Crippen molar-refractivity contribution in [3.8, 4) is 0 Å². The lowest BCUT2D eigenvalue weighted by molar-refractivity contribution is 0.356. The van der Waals surface area contributed by atoms with Gasteiger partial charge >= 0.3 is 0 Å². The van der Waals surface area contributed by atoms with Gasteiger partial charge in [-0.3, -0.25) is 0 Å². The summed E-state index contributed by atoms with van der Waals surface area (Å²) in [6.07, 6.45) is 12.4. The molecule has 0 aromatic heterocycles. The predicted molar refractivity (Wildman–Crippen MR) is 71.7 cm³/mol. The lowest BCUT2D eigenvalue weighted by Crippen LogP contribution is -2.03. The molecule has 0 aromatic rings. The Bertz CT molecular complexity index is 124. The van der Waals surface area contributed by atoms with E-state index in [1.54, 1.807) is 0 Å². The third-order valence-corrected chi connectivity index (χ3v) is 3.08. The molecule has 0 bridgehead atoms. The molecular formula is C14H29Cl. The molecular weight excluding hydrogens is 204 g/mol. The standard InChI is InChI=1S/C14H29Cl/c1-14(2,3)12-10-8-6-4-5-7-9-11-13-15/h4-13H2,1-3H3. The minimum absolute atomic E-state index is 0.528. The molecule has 0 spiro atoms. The van der Waals surface area contributed by atoms with Crippen LogP contribution in [0.2, 0.25) is 0 Å². The Labute approximate surface area is 102 Å². The zero-order valence-corrected chi connectivity index (χ0v) is 11.7. The normalized spacial score (nSPS) is 12.0. The molecule has 0 N–H and O–H groups in total. The Morgan fingerprint density at radius 1 is 0.667 bits per heavy atom. The van der Waals surface area contributed by atoms with Crippen molar-refractivity contribution in [2.24, 2.45) is 5.41 Å². The third-order valence-electron chi connectivity index (χ3n) is 2.81. The van der Waals surface area contributed by atoms with Crippen LogP contribution in [0.1, 0.15) is 78.6 Å². The van der Waals surface area contributed by atoms with Gasteiger partial charge in [0, 0.05) is 5.88 Å². The van der Waals surface area contributed by atoms with Crippen LogP contribution in [0.4, 0.5) is 0 Å². The quantitative estimate of drug-likeness (QED) is 0.349. The van der Waals surface area contributed by atoms with E-state index >= 15 is 0 Å². The fourth-order valence-corrected chi connectivity index (χ4v) is 2.00. The van der Waals surface area contributed by atoms with Gasteiger partial charge < -0.3 is 0 Å². The van der Waals surface area contributed by atoms with Crippen LogP contribution in [0.5, 0.6) is 0 Å². The predicted octanol–water partition coefficient (Wildman–Crippen LogP) is 5.78. The van der Waals surface area contributed by atoms with E-state index < -0.39 is 0 Å². The van der Waals surface area contributed by atoms with Gasteiger partial charge in [-0.15, -0.1) is 11.6 Å². The molecule has 0 heterocycles. The summed E-state index contributed by atoms with van der Waals surface area (Å²) in [5.41, 5.74) is 0.528. The number of halogens is 1. The Morgan fingerprint density at radius 3 is 1.47 bits per heavy atom. The van der Waals surface area contributed by atoms with Crippen molar-refractivity contribution >= 4 is 11.6 Å². The summed E-state index contributed by atoms with van der Waals surface area (Å²) < 4.78 is 0. The lowest BCUT2D eigenvalue weighted by atomic mass is 9.89. The molecule has 1 heteroatoms. The van der Waals surface area contributed by atoms with Gasteiger partial charge in [0.05, 0.1) is 0 Å². The number of alkyl halides is 1. The maximum Gasteiger partial charge on any atom is 0.0223 e. The highest BCUT2D eigenvalue weighted by atomic mass is 35.5. The third kappa shape index (κ3) is 14.3. The summed E-state index contributed by atoms with van der Waals surface area (Å²) >= 11 is 5.63. The molecule has 0 aliphatic heterocycles. The maximum absolute atomic E-state index is 5.63. The van der Waals surface area contributed by atoms with E-state index in [2.05, 4.69) is 20.8 Å². The molecule has 0 aromatic carbocycles. The summed E-state index contributed by atoms with van der Waals surface area (Å²) in [4.78, 5) is 0. The molecule has 0 nitrogen and oxygen atoms in total. The van der Waals surface area contributed by atoms with Gasteiger partial charge in [-0.2, -0.15) is 0 Å². The van der Waals surface area contributed by atoms with Crippen molar-refractivity contribution in [1.82, 2.24) is 0 Å². The zero-order valence-electron chi connectivity index (χ0n) is 10.9. The van der Waals surface area contributed by atoms with Gasteiger partial charge in [-0.1, -0.05) is 65.7 Å². The molecule has 0 unspecified atom stereocenters. The van der Waals surface area contributed by atoms with Gasteiger partial charge in [0.2, 0.25) is 0 Å². The molecule has 0 saturated heterocycles. The topological polar surface area (TPSA) is 0 Å². The van der Waals surface area contributed by atoms with E-state index in [1.165, 1.54) is 57.8 Å². The summed E-state index contributed by atoms with van der Waals surface area (Å²) in [5, 5.41) is 0. The number of rotatable bonds is 9. The first-order chi connectivity index (χ1) is 7.06. The van der Waals surface area contributed by atoms with Crippen molar-refractivity contribution in [3.05, 3.63) is 0 Å². The molecule has 0 aliphatic carbocycles. The van der Waals surface area contributed by atoms with Crippen LogP contribution < -0.4 is 0 Å². The molecule has 0 fully saturated rings. The fraction of sp³-hybridized carbons (Fsp3) is 1.00. The van der Waals surface area contributed by atoms with Gasteiger partial charge in [0.15, 0.2) is 0 Å².